The summed E-state index contributed by atoms with van der Waals surface area (Å²) in [6.07, 6.45) is -3.75. The van der Waals surface area contributed by atoms with Gasteiger partial charge < -0.3 is 24.2 Å². The normalized spacial score (nSPS) is 26.5. The summed E-state index contributed by atoms with van der Waals surface area (Å²) in [7, 11) is 1.39. The number of nitrogens with one attached hydrogen (secondary N) is 1. The molecule has 1 fully saturated rings. The maximum absolute atomic E-state index is 12.6. The third-order valence-corrected chi connectivity index (χ3v) is 4.69. The first kappa shape index (κ1) is 20.9. The topological polar surface area (TPSA) is 103 Å². The predicted octanol–water partition coefficient (Wildman–Crippen LogP) is 2.18. The molecule has 2 aromatic carbocycles. The summed E-state index contributed by atoms with van der Waals surface area (Å²) >= 11 is 0. The Kier molecular flexibility index (Phi) is 6.95. The van der Waals surface area contributed by atoms with Crippen LogP contribution in [-0.2, 0) is 18.9 Å². The van der Waals surface area contributed by atoms with Crippen LogP contribution in [0.2, 0.25) is 0 Å². The van der Waals surface area contributed by atoms with Gasteiger partial charge in [0.15, 0.2) is 18.5 Å². The molecule has 8 heteroatoms. The van der Waals surface area contributed by atoms with Crippen LogP contribution in [0.5, 0.6) is 0 Å². The molecule has 0 bridgehead atoms. The van der Waals surface area contributed by atoms with Crippen LogP contribution in [0.25, 0.3) is 0 Å². The smallest absolute Gasteiger partial charge is 0.338 e. The van der Waals surface area contributed by atoms with Gasteiger partial charge in [-0.2, -0.15) is 5.48 Å². The highest BCUT2D eigenvalue weighted by atomic mass is 16.7. The average Bonchev–Trinajstić information content (AvgIpc) is 2.76. The summed E-state index contributed by atoms with van der Waals surface area (Å²) in [5.41, 5.74) is 2.75. The van der Waals surface area contributed by atoms with Gasteiger partial charge in [-0.15, -0.1) is 0 Å². The quantitative estimate of drug-likeness (QED) is 0.561. The van der Waals surface area contributed by atoms with E-state index in [1.807, 2.05) is 0 Å². The average molecular weight is 401 g/mol. The second-order valence-electron chi connectivity index (χ2n) is 6.57. The highest BCUT2D eigenvalue weighted by Gasteiger charge is 2.49. The molecule has 3 rings (SSSR count). The van der Waals surface area contributed by atoms with Crippen molar-refractivity contribution in [3.8, 4) is 0 Å². The second-order valence-corrected chi connectivity index (χ2v) is 6.57. The molecule has 154 valence electrons. The molecule has 0 aromatic heterocycles. The Morgan fingerprint density at radius 2 is 1.38 bits per heavy atom. The van der Waals surface area contributed by atoms with Crippen molar-refractivity contribution in [1.82, 2.24) is 5.48 Å². The van der Waals surface area contributed by atoms with Crippen LogP contribution in [0.4, 0.5) is 0 Å². The Balaban J connectivity index is 1.87. The molecule has 0 unspecified atom stereocenters. The van der Waals surface area contributed by atoms with Crippen LogP contribution >= 0.6 is 0 Å². The van der Waals surface area contributed by atoms with Gasteiger partial charge in [0.2, 0.25) is 0 Å². The Morgan fingerprint density at radius 3 is 1.83 bits per heavy atom. The first-order valence-corrected chi connectivity index (χ1v) is 9.15. The van der Waals surface area contributed by atoms with Crippen molar-refractivity contribution in [3.63, 3.8) is 0 Å². The largest absolute Gasteiger partial charge is 0.453 e. The number of esters is 2. The van der Waals surface area contributed by atoms with Gasteiger partial charge in [0.25, 0.3) is 0 Å². The van der Waals surface area contributed by atoms with E-state index in [0.717, 1.165) is 0 Å². The minimum absolute atomic E-state index is 0.322. The number of carbonyl (C=O) groups is 2. The zero-order valence-electron chi connectivity index (χ0n) is 16.1. The molecular weight excluding hydrogens is 378 g/mol. The SMILES string of the molecule is CO[C@H]1O[C@H](C)[C@@H](NO)[C@H](OC(=O)c2ccccc2)[C@H]1OC(=O)c1ccccc1. The van der Waals surface area contributed by atoms with Crippen LogP contribution < -0.4 is 5.48 Å². The van der Waals surface area contributed by atoms with Crippen molar-refractivity contribution in [2.45, 2.75) is 37.6 Å². The summed E-state index contributed by atoms with van der Waals surface area (Å²) in [5, 5.41) is 9.64. The molecule has 1 aliphatic rings. The molecule has 0 saturated carbocycles. The van der Waals surface area contributed by atoms with Gasteiger partial charge in [-0.1, -0.05) is 36.4 Å². The molecule has 29 heavy (non-hydrogen) atoms. The lowest BCUT2D eigenvalue weighted by Crippen LogP contribution is -2.63. The van der Waals surface area contributed by atoms with E-state index in [4.69, 9.17) is 18.9 Å². The van der Waals surface area contributed by atoms with E-state index in [1.54, 1.807) is 67.6 Å². The molecule has 8 nitrogen and oxygen atoms in total. The molecule has 5 atom stereocenters. The summed E-state index contributed by atoms with van der Waals surface area (Å²) in [5.74, 6) is -1.26. The lowest BCUT2D eigenvalue weighted by molar-refractivity contribution is -0.270. The minimum atomic E-state index is -1.11. The second kappa shape index (κ2) is 9.62. The van der Waals surface area contributed by atoms with Crippen molar-refractivity contribution in [3.05, 3.63) is 71.8 Å². The molecule has 1 heterocycles. The van der Waals surface area contributed by atoms with E-state index in [9.17, 15) is 14.8 Å². The van der Waals surface area contributed by atoms with E-state index in [0.29, 0.717) is 11.1 Å². The number of hydrogen-bond acceptors (Lipinski definition) is 8. The van der Waals surface area contributed by atoms with Crippen molar-refractivity contribution >= 4 is 11.9 Å². The molecule has 0 radical (unpaired) electrons. The molecular formula is C21H23NO7. The molecule has 2 aromatic rings. The Morgan fingerprint density at radius 1 is 0.897 bits per heavy atom. The van der Waals surface area contributed by atoms with E-state index < -0.39 is 42.6 Å². The summed E-state index contributed by atoms with van der Waals surface area (Å²) in [6.45, 7) is 1.68. The van der Waals surface area contributed by atoms with E-state index in [-0.39, 0.29) is 0 Å². The number of benzene rings is 2. The molecule has 1 aliphatic heterocycles. The highest BCUT2D eigenvalue weighted by Crippen LogP contribution is 2.28. The lowest BCUT2D eigenvalue weighted by atomic mass is 9.97. The van der Waals surface area contributed by atoms with Crippen molar-refractivity contribution in [2.75, 3.05) is 7.11 Å². The summed E-state index contributed by atoms with van der Waals surface area (Å²) in [6, 6.07) is 15.9. The number of carbonyl (C=O) groups excluding carboxylic acids is 2. The monoisotopic (exact) mass is 401 g/mol. The van der Waals surface area contributed by atoms with Crippen LogP contribution in [0.3, 0.4) is 0 Å². The summed E-state index contributed by atoms with van der Waals surface area (Å²) < 4.78 is 22.2. The van der Waals surface area contributed by atoms with Gasteiger partial charge >= 0.3 is 11.9 Å². The first-order chi connectivity index (χ1) is 14.0. The van der Waals surface area contributed by atoms with Crippen molar-refractivity contribution < 1.29 is 33.7 Å². The van der Waals surface area contributed by atoms with E-state index in [2.05, 4.69) is 5.48 Å². The molecule has 0 amide bonds. The van der Waals surface area contributed by atoms with Gasteiger partial charge in [0.1, 0.15) is 0 Å². The maximum Gasteiger partial charge on any atom is 0.338 e. The number of ether oxygens (including phenoxy) is 4. The standard InChI is InChI=1S/C21H23NO7/c1-13-16(22-25)17(28-19(23)14-9-5-3-6-10-14)18(21(26-2)27-13)29-20(24)15-11-7-4-8-12-15/h3-13,16-18,21-22,25H,1-2H3/t13-,16-,17+,18-,21+/m1/s1. The molecule has 1 saturated heterocycles. The third-order valence-electron chi connectivity index (χ3n) is 4.69. The minimum Gasteiger partial charge on any atom is -0.453 e. The van der Waals surface area contributed by atoms with E-state index >= 15 is 0 Å². The number of hydroxylamine groups is 1. The zero-order valence-corrected chi connectivity index (χ0v) is 16.1. The van der Waals surface area contributed by atoms with Crippen LogP contribution in [-0.4, -0.2) is 54.9 Å². The number of methoxy groups -OCH3 is 1. The third kappa shape index (κ3) is 4.80. The Bertz CT molecular complexity index is 814. The first-order valence-electron chi connectivity index (χ1n) is 9.15. The zero-order chi connectivity index (χ0) is 20.8. The van der Waals surface area contributed by atoms with Crippen LogP contribution in [0.1, 0.15) is 27.6 Å². The van der Waals surface area contributed by atoms with Crippen molar-refractivity contribution in [1.29, 1.82) is 0 Å². The summed E-state index contributed by atoms with van der Waals surface area (Å²) in [4.78, 5) is 25.2. The Labute approximate surface area is 168 Å². The fraction of sp³-hybridized carbons (Fsp3) is 0.333. The lowest BCUT2D eigenvalue weighted by Gasteiger charge is -2.43. The van der Waals surface area contributed by atoms with Gasteiger partial charge in [-0.25, -0.2) is 9.59 Å². The van der Waals surface area contributed by atoms with Crippen LogP contribution in [0, 0.1) is 0 Å². The maximum atomic E-state index is 12.6. The molecule has 0 aliphatic carbocycles. The molecule has 0 spiro atoms. The number of hydrogen-bond donors (Lipinski definition) is 2. The number of rotatable bonds is 6. The van der Waals surface area contributed by atoms with Gasteiger partial charge in [-0.05, 0) is 31.2 Å². The Hall–Kier alpha value is -2.78. The highest BCUT2D eigenvalue weighted by molar-refractivity contribution is 5.90. The fourth-order valence-corrected chi connectivity index (χ4v) is 3.16. The van der Waals surface area contributed by atoms with Gasteiger partial charge in [0.05, 0.1) is 23.3 Å². The molecule has 2 N–H and O–H groups in total. The fourth-order valence-electron chi connectivity index (χ4n) is 3.16. The van der Waals surface area contributed by atoms with Crippen molar-refractivity contribution in [2.24, 2.45) is 0 Å². The van der Waals surface area contributed by atoms with Gasteiger partial charge in [-0.3, -0.25) is 0 Å². The van der Waals surface area contributed by atoms with E-state index in [1.165, 1.54) is 7.11 Å². The van der Waals surface area contributed by atoms with Gasteiger partial charge in [0, 0.05) is 7.11 Å². The van der Waals surface area contributed by atoms with Crippen LogP contribution in [0.15, 0.2) is 60.7 Å². The predicted molar refractivity (Wildman–Crippen MR) is 101 cm³/mol.